The molecular formula is C12H23NO2. The number of esters is 1. The Bertz CT molecular complexity index is 198. The highest BCUT2D eigenvalue weighted by Gasteiger charge is 2.33. The molecule has 0 aromatic rings. The van der Waals surface area contributed by atoms with E-state index in [0.717, 1.165) is 12.8 Å². The van der Waals surface area contributed by atoms with Gasteiger partial charge in [0.15, 0.2) is 0 Å². The van der Waals surface area contributed by atoms with Crippen molar-refractivity contribution in [2.45, 2.75) is 58.5 Å². The van der Waals surface area contributed by atoms with E-state index < -0.39 is 0 Å². The molecule has 0 aromatic carbocycles. The third kappa shape index (κ3) is 3.82. The van der Waals surface area contributed by atoms with Gasteiger partial charge in [0.1, 0.15) is 6.04 Å². The molecule has 15 heavy (non-hydrogen) atoms. The van der Waals surface area contributed by atoms with Gasteiger partial charge in [-0.05, 0) is 25.7 Å². The second-order valence-corrected chi connectivity index (χ2v) is 4.25. The van der Waals surface area contributed by atoms with Gasteiger partial charge < -0.3 is 10.1 Å². The highest BCUT2D eigenvalue weighted by Crippen LogP contribution is 2.23. The molecule has 0 spiro atoms. The fourth-order valence-electron chi connectivity index (χ4n) is 1.89. The number of ether oxygens (including phenoxy) is 1. The highest BCUT2D eigenvalue weighted by molar-refractivity contribution is 5.76. The summed E-state index contributed by atoms with van der Waals surface area (Å²) in [5.41, 5.74) is 0. The van der Waals surface area contributed by atoms with E-state index in [4.69, 9.17) is 4.74 Å². The van der Waals surface area contributed by atoms with Crippen LogP contribution in [0.1, 0.15) is 46.5 Å². The van der Waals surface area contributed by atoms with E-state index in [0.29, 0.717) is 18.6 Å². The minimum absolute atomic E-state index is 0.0712. The highest BCUT2D eigenvalue weighted by atomic mass is 16.5. The molecular weight excluding hydrogens is 190 g/mol. The quantitative estimate of drug-likeness (QED) is 0.658. The van der Waals surface area contributed by atoms with Crippen LogP contribution in [0.5, 0.6) is 0 Å². The first kappa shape index (κ1) is 12.5. The van der Waals surface area contributed by atoms with Gasteiger partial charge in [-0.25, -0.2) is 0 Å². The lowest BCUT2D eigenvalue weighted by Gasteiger charge is -2.24. The van der Waals surface area contributed by atoms with Crippen molar-refractivity contribution in [1.29, 1.82) is 0 Å². The molecule has 3 heteroatoms. The predicted octanol–water partition coefficient (Wildman–Crippen LogP) is 2.11. The summed E-state index contributed by atoms with van der Waals surface area (Å²) in [6.45, 7) is 6.60. The normalized spacial score (nSPS) is 17.9. The average Bonchev–Trinajstić information content (AvgIpc) is 3.02. The Morgan fingerprint density at radius 2 is 1.93 bits per heavy atom. The summed E-state index contributed by atoms with van der Waals surface area (Å²) in [6.07, 6.45) is 4.46. The van der Waals surface area contributed by atoms with E-state index in [1.807, 2.05) is 6.92 Å². The van der Waals surface area contributed by atoms with E-state index in [-0.39, 0.29) is 12.0 Å². The van der Waals surface area contributed by atoms with Crippen molar-refractivity contribution < 1.29 is 9.53 Å². The van der Waals surface area contributed by atoms with Crippen LogP contribution in [0.4, 0.5) is 0 Å². The Hall–Kier alpha value is -0.570. The van der Waals surface area contributed by atoms with Crippen molar-refractivity contribution in [3.63, 3.8) is 0 Å². The lowest BCUT2D eigenvalue weighted by molar-refractivity contribution is -0.147. The van der Waals surface area contributed by atoms with Crippen LogP contribution in [-0.4, -0.2) is 24.7 Å². The molecule has 1 unspecified atom stereocenters. The molecule has 0 heterocycles. The first-order valence-electron chi connectivity index (χ1n) is 6.15. The fraction of sp³-hybridized carbons (Fsp3) is 0.917. The zero-order valence-electron chi connectivity index (χ0n) is 10.1. The van der Waals surface area contributed by atoms with Gasteiger partial charge in [0.2, 0.25) is 0 Å². The summed E-state index contributed by atoms with van der Waals surface area (Å²) in [4.78, 5) is 11.8. The van der Waals surface area contributed by atoms with Crippen LogP contribution in [0.25, 0.3) is 0 Å². The summed E-state index contributed by atoms with van der Waals surface area (Å²) >= 11 is 0. The molecule has 1 rings (SSSR count). The van der Waals surface area contributed by atoms with Crippen LogP contribution in [0.2, 0.25) is 0 Å². The zero-order chi connectivity index (χ0) is 11.3. The molecule has 0 bridgehead atoms. The average molecular weight is 213 g/mol. The molecule has 0 amide bonds. The fourth-order valence-corrected chi connectivity index (χ4v) is 1.89. The third-order valence-electron chi connectivity index (χ3n) is 3.05. The van der Waals surface area contributed by atoms with Crippen molar-refractivity contribution in [3.05, 3.63) is 0 Å². The van der Waals surface area contributed by atoms with Crippen molar-refractivity contribution in [3.8, 4) is 0 Å². The van der Waals surface area contributed by atoms with Gasteiger partial charge in [-0.3, -0.25) is 4.79 Å². The molecule has 1 N–H and O–H groups in total. The molecule has 0 aliphatic heterocycles. The Morgan fingerprint density at radius 3 is 2.33 bits per heavy atom. The van der Waals surface area contributed by atoms with Crippen molar-refractivity contribution in [2.24, 2.45) is 5.92 Å². The number of nitrogens with one attached hydrogen (secondary N) is 1. The minimum atomic E-state index is -0.0903. The van der Waals surface area contributed by atoms with E-state index in [9.17, 15) is 4.79 Å². The number of rotatable bonds is 7. The van der Waals surface area contributed by atoms with Gasteiger partial charge in [0.25, 0.3) is 0 Å². The molecule has 0 aromatic heterocycles. The minimum Gasteiger partial charge on any atom is -0.465 e. The van der Waals surface area contributed by atoms with Gasteiger partial charge in [0, 0.05) is 6.04 Å². The summed E-state index contributed by atoms with van der Waals surface area (Å²) in [5, 5.41) is 3.40. The summed E-state index contributed by atoms with van der Waals surface area (Å²) in [7, 11) is 0. The Kier molecular flexibility index (Phi) is 5.09. The van der Waals surface area contributed by atoms with Gasteiger partial charge >= 0.3 is 5.97 Å². The van der Waals surface area contributed by atoms with Crippen LogP contribution >= 0.6 is 0 Å². The molecule has 0 saturated heterocycles. The molecule has 1 saturated carbocycles. The molecule has 1 aliphatic carbocycles. The standard InChI is InChI=1S/C12H23NO2/c1-4-9(5-2)11(12(14)15-6-3)13-10-7-8-10/h9-11,13H,4-8H2,1-3H3. The first-order chi connectivity index (χ1) is 7.22. The maximum absolute atomic E-state index is 11.8. The largest absolute Gasteiger partial charge is 0.465 e. The Balaban J connectivity index is 2.52. The van der Waals surface area contributed by atoms with Gasteiger partial charge in [-0.1, -0.05) is 26.7 Å². The number of carbonyl (C=O) groups is 1. The van der Waals surface area contributed by atoms with Crippen molar-refractivity contribution >= 4 is 5.97 Å². The van der Waals surface area contributed by atoms with Crippen LogP contribution in [0.3, 0.4) is 0 Å². The molecule has 1 aliphatic rings. The topological polar surface area (TPSA) is 38.3 Å². The van der Waals surface area contributed by atoms with Crippen molar-refractivity contribution in [1.82, 2.24) is 5.32 Å². The van der Waals surface area contributed by atoms with E-state index in [1.54, 1.807) is 0 Å². The first-order valence-corrected chi connectivity index (χ1v) is 6.15. The maximum atomic E-state index is 11.8. The zero-order valence-corrected chi connectivity index (χ0v) is 10.1. The second kappa shape index (κ2) is 6.11. The SMILES string of the molecule is CCOC(=O)C(NC1CC1)C(CC)CC. The number of hydrogen-bond donors (Lipinski definition) is 1. The Labute approximate surface area is 92.6 Å². The number of carbonyl (C=O) groups excluding carboxylic acids is 1. The van der Waals surface area contributed by atoms with Crippen LogP contribution in [0.15, 0.2) is 0 Å². The molecule has 3 nitrogen and oxygen atoms in total. The van der Waals surface area contributed by atoms with E-state index in [1.165, 1.54) is 12.8 Å². The summed E-state index contributed by atoms with van der Waals surface area (Å²) in [5.74, 6) is 0.336. The van der Waals surface area contributed by atoms with E-state index >= 15 is 0 Å². The van der Waals surface area contributed by atoms with E-state index in [2.05, 4.69) is 19.2 Å². The van der Waals surface area contributed by atoms with Gasteiger partial charge in [-0.15, -0.1) is 0 Å². The Morgan fingerprint density at radius 1 is 1.33 bits per heavy atom. The summed E-state index contributed by atoms with van der Waals surface area (Å²) < 4.78 is 5.12. The molecule has 0 radical (unpaired) electrons. The summed E-state index contributed by atoms with van der Waals surface area (Å²) in [6, 6.07) is 0.465. The monoisotopic (exact) mass is 213 g/mol. The second-order valence-electron chi connectivity index (χ2n) is 4.25. The number of hydrogen-bond acceptors (Lipinski definition) is 3. The third-order valence-corrected chi connectivity index (χ3v) is 3.05. The van der Waals surface area contributed by atoms with Gasteiger partial charge in [0.05, 0.1) is 6.61 Å². The smallest absolute Gasteiger partial charge is 0.323 e. The van der Waals surface area contributed by atoms with Crippen LogP contribution < -0.4 is 5.32 Å². The predicted molar refractivity (Wildman–Crippen MR) is 60.7 cm³/mol. The lowest BCUT2D eigenvalue weighted by Crippen LogP contribution is -2.44. The molecule has 88 valence electrons. The van der Waals surface area contributed by atoms with Crippen LogP contribution in [-0.2, 0) is 9.53 Å². The van der Waals surface area contributed by atoms with Crippen molar-refractivity contribution in [2.75, 3.05) is 6.61 Å². The molecule has 1 atom stereocenters. The van der Waals surface area contributed by atoms with Crippen LogP contribution in [0, 0.1) is 5.92 Å². The van der Waals surface area contributed by atoms with Gasteiger partial charge in [-0.2, -0.15) is 0 Å². The molecule has 1 fully saturated rings. The maximum Gasteiger partial charge on any atom is 0.323 e. The lowest BCUT2D eigenvalue weighted by atomic mass is 9.94.